The highest BCUT2D eigenvalue weighted by Gasteiger charge is 2.10. The van der Waals surface area contributed by atoms with Crippen molar-refractivity contribution in [3.63, 3.8) is 0 Å². The number of nitrogen functional groups attached to an aromatic ring is 1. The van der Waals surface area contributed by atoms with Gasteiger partial charge in [0.2, 0.25) is 0 Å². The average molecular weight is 340 g/mol. The third-order valence-electron chi connectivity index (χ3n) is 2.53. The lowest BCUT2D eigenvalue weighted by atomic mass is 10.2. The van der Waals surface area contributed by atoms with E-state index in [1.165, 1.54) is 0 Å². The second-order valence-corrected chi connectivity index (χ2v) is 5.24. The van der Waals surface area contributed by atoms with Crippen molar-refractivity contribution in [2.45, 2.75) is 6.61 Å². The van der Waals surface area contributed by atoms with Gasteiger partial charge in [-0.15, -0.1) is 0 Å². The number of rotatable bonds is 4. The smallest absolute Gasteiger partial charge is 0.131 e. The van der Waals surface area contributed by atoms with E-state index >= 15 is 0 Å². The lowest BCUT2D eigenvalue weighted by molar-refractivity contribution is 0.305. The van der Waals surface area contributed by atoms with E-state index in [1.807, 2.05) is 36.4 Å². The molecular weight excluding hydrogens is 328 g/mol. The molecule has 2 aromatic rings. The molecule has 0 aromatic heterocycles. The summed E-state index contributed by atoms with van der Waals surface area (Å²) < 4.78 is 6.45. The zero-order valence-electron chi connectivity index (χ0n) is 9.99. The largest absolute Gasteiger partial charge is 0.488 e. The van der Waals surface area contributed by atoms with E-state index < -0.39 is 0 Å². The molecule has 0 spiro atoms. The van der Waals surface area contributed by atoms with Crippen molar-refractivity contribution in [3.05, 3.63) is 63.1 Å². The van der Waals surface area contributed by atoms with E-state index in [2.05, 4.69) is 15.9 Å². The van der Waals surface area contributed by atoms with Gasteiger partial charge in [0.15, 0.2) is 0 Å². The molecule has 0 radical (unpaired) electrons. The van der Waals surface area contributed by atoms with Crippen LogP contribution in [0.3, 0.4) is 0 Å². The second kappa shape index (κ2) is 6.08. The van der Waals surface area contributed by atoms with Gasteiger partial charge in [0.1, 0.15) is 18.2 Å². The van der Waals surface area contributed by atoms with Crippen molar-refractivity contribution in [1.29, 1.82) is 5.41 Å². The van der Waals surface area contributed by atoms with E-state index in [-0.39, 0.29) is 5.84 Å². The summed E-state index contributed by atoms with van der Waals surface area (Å²) in [6.45, 7) is 0.372. The Labute approximate surface area is 125 Å². The van der Waals surface area contributed by atoms with E-state index in [0.717, 1.165) is 10.0 Å². The summed E-state index contributed by atoms with van der Waals surface area (Å²) >= 11 is 9.28. The molecule has 2 aromatic carbocycles. The third-order valence-corrected chi connectivity index (χ3v) is 3.42. The molecule has 3 N–H and O–H groups in total. The summed E-state index contributed by atoms with van der Waals surface area (Å²) in [6, 6.07) is 12.9. The van der Waals surface area contributed by atoms with Crippen molar-refractivity contribution >= 4 is 33.4 Å². The molecule has 0 saturated heterocycles. The average Bonchev–Trinajstić information content (AvgIpc) is 2.36. The van der Waals surface area contributed by atoms with Crippen LogP contribution in [-0.2, 0) is 6.61 Å². The molecule has 3 nitrogen and oxygen atoms in total. The van der Waals surface area contributed by atoms with Gasteiger partial charge in [-0.1, -0.05) is 29.8 Å². The van der Waals surface area contributed by atoms with Gasteiger partial charge in [-0.05, 0) is 45.8 Å². The van der Waals surface area contributed by atoms with Gasteiger partial charge in [0.25, 0.3) is 0 Å². The molecule has 0 bridgehead atoms. The number of ether oxygens (including phenoxy) is 1. The molecule has 0 saturated carbocycles. The van der Waals surface area contributed by atoms with Gasteiger partial charge in [0.05, 0.1) is 5.56 Å². The summed E-state index contributed by atoms with van der Waals surface area (Å²) in [5.74, 6) is 0.537. The normalized spacial score (nSPS) is 10.2. The number of hydrogen-bond acceptors (Lipinski definition) is 2. The summed E-state index contributed by atoms with van der Waals surface area (Å²) in [5, 5.41) is 8.25. The van der Waals surface area contributed by atoms with Crippen LogP contribution in [0, 0.1) is 5.41 Å². The molecule has 0 aliphatic rings. The Morgan fingerprint density at radius 2 is 2.00 bits per heavy atom. The van der Waals surface area contributed by atoms with E-state index in [4.69, 9.17) is 27.5 Å². The zero-order valence-corrected chi connectivity index (χ0v) is 12.3. The first-order chi connectivity index (χ1) is 9.08. The molecule has 0 unspecified atom stereocenters. The quantitative estimate of drug-likeness (QED) is 0.654. The van der Waals surface area contributed by atoms with Crippen LogP contribution in [0.2, 0.25) is 5.02 Å². The fourth-order valence-electron chi connectivity index (χ4n) is 1.67. The van der Waals surface area contributed by atoms with Crippen LogP contribution >= 0.6 is 27.5 Å². The SMILES string of the molecule is N=C(N)c1c(Br)cccc1OCc1cccc(Cl)c1. The number of halogens is 2. The first-order valence-electron chi connectivity index (χ1n) is 5.58. The first kappa shape index (κ1) is 13.9. The monoisotopic (exact) mass is 338 g/mol. The molecule has 2 rings (SSSR count). The van der Waals surface area contributed by atoms with Crippen molar-refractivity contribution < 1.29 is 4.74 Å². The minimum absolute atomic E-state index is 0.0337. The van der Waals surface area contributed by atoms with Gasteiger partial charge in [-0.25, -0.2) is 0 Å². The highest BCUT2D eigenvalue weighted by atomic mass is 79.9. The molecule has 98 valence electrons. The summed E-state index contributed by atoms with van der Waals surface area (Å²) in [6.07, 6.45) is 0. The number of amidine groups is 1. The number of nitrogens with two attached hydrogens (primary N) is 1. The molecule has 0 aliphatic heterocycles. The molecule has 0 fully saturated rings. The van der Waals surface area contributed by atoms with Crippen molar-refractivity contribution in [2.75, 3.05) is 0 Å². The molecule has 0 aliphatic carbocycles. The number of nitrogens with one attached hydrogen (secondary N) is 1. The summed E-state index contributed by atoms with van der Waals surface area (Å²) in [7, 11) is 0. The minimum atomic E-state index is -0.0337. The Balaban J connectivity index is 2.20. The molecule has 5 heteroatoms. The fourth-order valence-corrected chi connectivity index (χ4v) is 2.45. The highest BCUT2D eigenvalue weighted by molar-refractivity contribution is 9.10. The Hall–Kier alpha value is -1.52. The Kier molecular flexibility index (Phi) is 4.45. The maximum absolute atomic E-state index is 7.58. The van der Waals surface area contributed by atoms with Crippen molar-refractivity contribution in [2.24, 2.45) is 5.73 Å². The Morgan fingerprint density at radius 3 is 2.68 bits per heavy atom. The van der Waals surface area contributed by atoms with Crippen molar-refractivity contribution in [1.82, 2.24) is 0 Å². The highest BCUT2D eigenvalue weighted by Crippen LogP contribution is 2.27. The lowest BCUT2D eigenvalue weighted by Gasteiger charge is -2.12. The molecule has 0 heterocycles. The van der Waals surface area contributed by atoms with Gasteiger partial charge >= 0.3 is 0 Å². The molecular formula is C14H12BrClN2O. The second-order valence-electron chi connectivity index (χ2n) is 3.95. The summed E-state index contributed by atoms with van der Waals surface area (Å²) in [5.41, 5.74) is 7.08. The predicted molar refractivity (Wildman–Crippen MR) is 80.9 cm³/mol. The number of hydrogen-bond donors (Lipinski definition) is 2. The molecule has 0 amide bonds. The van der Waals surface area contributed by atoms with Crippen LogP contribution < -0.4 is 10.5 Å². The van der Waals surface area contributed by atoms with Crippen LogP contribution in [0.1, 0.15) is 11.1 Å². The van der Waals surface area contributed by atoms with Gasteiger partial charge < -0.3 is 10.5 Å². The summed E-state index contributed by atoms with van der Waals surface area (Å²) in [4.78, 5) is 0. The zero-order chi connectivity index (χ0) is 13.8. The maximum Gasteiger partial charge on any atom is 0.131 e. The Morgan fingerprint density at radius 1 is 1.26 bits per heavy atom. The van der Waals surface area contributed by atoms with E-state index in [9.17, 15) is 0 Å². The van der Waals surface area contributed by atoms with Crippen LogP contribution in [-0.4, -0.2) is 5.84 Å². The van der Waals surface area contributed by atoms with Gasteiger partial charge in [-0.3, -0.25) is 5.41 Å². The lowest BCUT2D eigenvalue weighted by Crippen LogP contribution is -2.14. The van der Waals surface area contributed by atoms with Crippen molar-refractivity contribution in [3.8, 4) is 5.75 Å². The molecule has 19 heavy (non-hydrogen) atoms. The van der Waals surface area contributed by atoms with Crippen LogP contribution in [0.15, 0.2) is 46.9 Å². The van der Waals surface area contributed by atoms with Crippen LogP contribution in [0.25, 0.3) is 0 Å². The number of benzene rings is 2. The predicted octanol–water partition coefficient (Wildman–Crippen LogP) is 3.97. The maximum atomic E-state index is 7.58. The first-order valence-corrected chi connectivity index (χ1v) is 6.75. The van der Waals surface area contributed by atoms with Gasteiger partial charge in [-0.2, -0.15) is 0 Å². The molecule has 0 atom stereocenters. The standard InChI is InChI=1S/C14H12BrClN2O/c15-11-5-2-6-12(13(11)14(17)18)19-8-9-3-1-4-10(16)7-9/h1-7H,8H2,(H3,17,18). The van der Waals surface area contributed by atoms with E-state index in [1.54, 1.807) is 6.07 Å². The van der Waals surface area contributed by atoms with Gasteiger partial charge in [0, 0.05) is 9.50 Å². The van der Waals surface area contributed by atoms with Crippen LogP contribution in [0.4, 0.5) is 0 Å². The van der Waals surface area contributed by atoms with Crippen LogP contribution in [0.5, 0.6) is 5.75 Å². The van der Waals surface area contributed by atoms with E-state index in [0.29, 0.717) is 22.9 Å². The Bertz CT molecular complexity index is 616. The fraction of sp³-hybridized carbons (Fsp3) is 0.0714. The third kappa shape index (κ3) is 3.49. The topological polar surface area (TPSA) is 59.1 Å². The minimum Gasteiger partial charge on any atom is -0.488 e.